The Morgan fingerprint density at radius 1 is 0.886 bits per heavy atom. The van der Waals surface area contributed by atoms with E-state index in [2.05, 4.69) is 116 Å². The lowest BCUT2D eigenvalue weighted by Crippen LogP contribution is -2.34. The van der Waals surface area contributed by atoms with Crippen LogP contribution in [0, 0.1) is 18.3 Å². The molecule has 0 aromatic heterocycles. The number of allylic oxidation sites excluding steroid dienone is 1. The minimum Gasteiger partial charge on any atom is -0.330 e. The molecule has 1 aliphatic heterocycles. The maximum absolute atomic E-state index is 14.1. The first-order valence-electron chi connectivity index (χ1n) is 12.7. The normalized spacial score (nSPS) is 23.6. The number of rotatable bonds is 4. The third-order valence-electron chi connectivity index (χ3n) is 8.15. The van der Waals surface area contributed by atoms with E-state index in [4.69, 9.17) is 0 Å². The SMILES string of the molecule is Cc1ccc(-c2c([C@H]3[C@@H]4C=CCC[C@@]4(C)C(=O)N3Cc3ccccc3)ccc3ccccc23)cc1. The van der Waals surface area contributed by atoms with Gasteiger partial charge < -0.3 is 4.90 Å². The number of amides is 1. The number of nitrogens with zero attached hydrogens (tertiary/aromatic N) is 1. The molecule has 4 aromatic carbocycles. The standard InChI is InChI=1S/C33H31NO/c1-23-15-17-26(18-16-23)30-27-13-7-6-12-25(27)19-20-28(30)31-29-14-8-9-21-33(29,2)32(35)34(31)22-24-10-4-3-5-11-24/h3-8,10-20,29,31H,9,21-22H2,1-2H3/t29-,31-,33+/m0/s1. The van der Waals surface area contributed by atoms with Crippen molar-refractivity contribution >= 4 is 16.7 Å². The lowest BCUT2D eigenvalue weighted by atomic mass is 9.69. The van der Waals surface area contributed by atoms with E-state index in [1.165, 1.54) is 38.6 Å². The van der Waals surface area contributed by atoms with Crippen LogP contribution in [-0.4, -0.2) is 10.8 Å². The van der Waals surface area contributed by atoms with E-state index in [1.54, 1.807) is 0 Å². The topological polar surface area (TPSA) is 20.3 Å². The van der Waals surface area contributed by atoms with Gasteiger partial charge in [0.2, 0.25) is 5.91 Å². The smallest absolute Gasteiger partial charge is 0.230 e. The van der Waals surface area contributed by atoms with Gasteiger partial charge in [0.25, 0.3) is 0 Å². The van der Waals surface area contributed by atoms with Gasteiger partial charge in [-0.1, -0.05) is 116 Å². The summed E-state index contributed by atoms with van der Waals surface area (Å²) in [5.41, 5.74) is 5.77. The van der Waals surface area contributed by atoms with Gasteiger partial charge in [-0.05, 0) is 52.8 Å². The van der Waals surface area contributed by atoms with Gasteiger partial charge in [0.1, 0.15) is 0 Å². The Labute approximate surface area is 207 Å². The lowest BCUT2D eigenvalue weighted by Gasteiger charge is -2.33. The molecular formula is C33H31NO. The van der Waals surface area contributed by atoms with Crippen LogP contribution in [0.4, 0.5) is 0 Å². The molecule has 35 heavy (non-hydrogen) atoms. The van der Waals surface area contributed by atoms with Crippen molar-refractivity contribution in [2.75, 3.05) is 0 Å². The molecule has 2 heteroatoms. The van der Waals surface area contributed by atoms with Crippen molar-refractivity contribution in [1.29, 1.82) is 0 Å². The highest BCUT2D eigenvalue weighted by molar-refractivity contribution is 5.99. The van der Waals surface area contributed by atoms with Crippen LogP contribution < -0.4 is 0 Å². The molecule has 1 heterocycles. The molecule has 1 amide bonds. The molecule has 0 bridgehead atoms. The van der Waals surface area contributed by atoms with Crippen LogP contribution in [0.5, 0.6) is 0 Å². The summed E-state index contributed by atoms with van der Waals surface area (Å²) in [5.74, 6) is 0.432. The summed E-state index contributed by atoms with van der Waals surface area (Å²) >= 11 is 0. The highest BCUT2D eigenvalue weighted by Gasteiger charge is 2.56. The van der Waals surface area contributed by atoms with Gasteiger partial charge in [0, 0.05) is 12.5 Å². The second-order valence-corrected chi connectivity index (χ2v) is 10.4. The minimum absolute atomic E-state index is 0.00911. The zero-order chi connectivity index (χ0) is 24.0. The molecule has 1 saturated heterocycles. The van der Waals surface area contributed by atoms with E-state index in [0.29, 0.717) is 6.54 Å². The second kappa shape index (κ2) is 8.53. The molecule has 4 aromatic rings. The highest BCUT2D eigenvalue weighted by atomic mass is 16.2. The Hall–Kier alpha value is -3.65. The summed E-state index contributed by atoms with van der Waals surface area (Å²) in [6.07, 6.45) is 6.48. The first kappa shape index (κ1) is 21.9. The fraction of sp³-hybridized carbons (Fsp3) is 0.242. The molecule has 2 nitrogen and oxygen atoms in total. The summed E-state index contributed by atoms with van der Waals surface area (Å²) < 4.78 is 0. The maximum atomic E-state index is 14.1. The number of hydrogen-bond acceptors (Lipinski definition) is 1. The van der Waals surface area contributed by atoms with Crippen molar-refractivity contribution in [2.45, 2.75) is 39.3 Å². The van der Waals surface area contributed by atoms with E-state index in [0.717, 1.165) is 12.8 Å². The number of benzene rings is 4. The van der Waals surface area contributed by atoms with Crippen molar-refractivity contribution < 1.29 is 4.79 Å². The van der Waals surface area contributed by atoms with Crippen molar-refractivity contribution in [2.24, 2.45) is 11.3 Å². The Balaban J connectivity index is 1.59. The number of carbonyl (C=O) groups excluding carboxylic acids is 1. The molecule has 6 rings (SSSR count). The molecule has 1 aliphatic carbocycles. The predicted molar refractivity (Wildman–Crippen MR) is 144 cm³/mol. The van der Waals surface area contributed by atoms with Gasteiger partial charge in [-0.2, -0.15) is 0 Å². The average molecular weight is 458 g/mol. The van der Waals surface area contributed by atoms with Crippen LogP contribution in [0.1, 0.15) is 42.5 Å². The molecule has 1 fully saturated rings. The Morgan fingerprint density at radius 3 is 2.43 bits per heavy atom. The number of carbonyl (C=O) groups is 1. The summed E-state index contributed by atoms with van der Waals surface area (Å²) in [4.78, 5) is 16.3. The maximum Gasteiger partial charge on any atom is 0.230 e. The lowest BCUT2D eigenvalue weighted by molar-refractivity contribution is -0.137. The zero-order valence-corrected chi connectivity index (χ0v) is 20.4. The van der Waals surface area contributed by atoms with E-state index < -0.39 is 0 Å². The summed E-state index contributed by atoms with van der Waals surface area (Å²) in [7, 11) is 0. The largest absolute Gasteiger partial charge is 0.330 e. The molecule has 2 aliphatic rings. The highest BCUT2D eigenvalue weighted by Crippen LogP contribution is 2.56. The van der Waals surface area contributed by atoms with Crippen molar-refractivity contribution in [1.82, 2.24) is 4.90 Å². The molecule has 0 saturated carbocycles. The molecule has 174 valence electrons. The number of aryl methyl sites for hydroxylation is 1. The quantitative estimate of drug-likeness (QED) is 0.286. The number of hydrogen-bond donors (Lipinski definition) is 0. The van der Waals surface area contributed by atoms with Gasteiger partial charge in [-0.15, -0.1) is 0 Å². The van der Waals surface area contributed by atoms with Crippen molar-refractivity contribution in [3.8, 4) is 11.1 Å². The summed E-state index contributed by atoms with van der Waals surface area (Å²) in [5, 5.41) is 2.47. The average Bonchev–Trinajstić information content (AvgIpc) is 3.11. The molecule has 0 radical (unpaired) electrons. The number of fused-ring (bicyclic) bond motifs is 2. The molecular weight excluding hydrogens is 426 g/mol. The Bertz CT molecular complexity index is 1420. The van der Waals surface area contributed by atoms with Crippen molar-refractivity contribution in [3.63, 3.8) is 0 Å². The molecule has 0 N–H and O–H groups in total. The van der Waals surface area contributed by atoms with E-state index in [1.807, 2.05) is 6.07 Å². The number of likely N-dealkylation sites (tertiary alicyclic amines) is 1. The fourth-order valence-corrected chi connectivity index (χ4v) is 6.25. The monoisotopic (exact) mass is 457 g/mol. The fourth-order valence-electron chi connectivity index (χ4n) is 6.25. The van der Waals surface area contributed by atoms with E-state index in [9.17, 15) is 4.79 Å². The third-order valence-corrected chi connectivity index (χ3v) is 8.15. The van der Waals surface area contributed by atoms with Crippen LogP contribution in [0.15, 0.2) is 103 Å². The summed E-state index contributed by atoms with van der Waals surface area (Å²) in [6.45, 7) is 4.95. The third kappa shape index (κ3) is 3.60. The van der Waals surface area contributed by atoms with Crippen LogP contribution in [0.3, 0.4) is 0 Å². The van der Waals surface area contributed by atoms with Crippen LogP contribution in [0.2, 0.25) is 0 Å². The zero-order valence-electron chi connectivity index (χ0n) is 20.4. The second-order valence-electron chi connectivity index (χ2n) is 10.4. The first-order chi connectivity index (χ1) is 17.1. The Kier molecular flexibility index (Phi) is 5.33. The first-order valence-corrected chi connectivity index (χ1v) is 12.7. The minimum atomic E-state index is -0.371. The molecule has 0 unspecified atom stereocenters. The predicted octanol–water partition coefficient (Wildman–Crippen LogP) is 7.87. The van der Waals surface area contributed by atoms with Gasteiger partial charge >= 0.3 is 0 Å². The van der Waals surface area contributed by atoms with Gasteiger partial charge in [0.15, 0.2) is 0 Å². The molecule has 0 spiro atoms. The molecule has 3 atom stereocenters. The van der Waals surface area contributed by atoms with Crippen LogP contribution in [0.25, 0.3) is 21.9 Å². The van der Waals surface area contributed by atoms with E-state index >= 15 is 0 Å². The van der Waals surface area contributed by atoms with Gasteiger partial charge in [-0.3, -0.25) is 4.79 Å². The Morgan fingerprint density at radius 2 is 1.63 bits per heavy atom. The summed E-state index contributed by atoms with van der Waals surface area (Å²) in [6, 6.07) is 32.4. The van der Waals surface area contributed by atoms with Gasteiger partial charge in [-0.25, -0.2) is 0 Å². The van der Waals surface area contributed by atoms with Crippen LogP contribution in [-0.2, 0) is 11.3 Å². The van der Waals surface area contributed by atoms with Crippen molar-refractivity contribution in [3.05, 3.63) is 120 Å². The van der Waals surface area contributed by atoms with Gasteiger partial charge in [0.05, 0.1) is 11.5 Å². The van der Waals surface area contributed by atoms with E-state index in [-0.39, 0.29) is 23.3 Å². The van der Waals surface area contributed by atoms with Crippen LogP contribution >= 0.6 is 0 Å².